The standard InChI is InChI=1S/C21H24ClN3O2/c1-24-8-10-25(11-9-24)19-5-3-18(4-6-19)23-21(26)16-12-15-13-17(22)2-7-20(15)27-14-16/h2-7,13,16H,8-12,14H2,1H3,(H,23,26)/t16-/m1/s1. The highest BCUT2D eigenvalue weighted by Gasteiger charge is 2.26. The molecule has 2 heterocycles. The number of amides is 1. The molecule has 1 N–H and O–H groups in total. The largest absolute Gasteiger partial charge is 0.492 e. The van der Waals surface area contributed by atoms with Crippen molar-refractivity contribution in [3.63, 3.8) is 0 Å². The van der Waals surface area contributed by atoms with Crippen LogP contribution < -0.4 is 15.0 Å². The Morgan fingerprint density at radius 1 is 1.11 bits per heavy atom. The Labute approximate surface area is 164 Å². The van der Waals surface area contributed by atoms with Crippen molar-refractivity contribution in [1.29, 1.82) is 0 Å². The third-order valence-corrected chi connectivity index (χ3v) is 5.54. The molecule has 1 fully saturated rings. The van der Waals surface area contributed by atoms with Crippen LogP contribution in [0, 0.1) is 5.92 Å². The number of fused-ring (bicyclic) bond motifs is 1. The molecule has 2 aromatic rings. The summed E-state index contributed by atoms with van der Waals surface area (Å²) in [7, 11) is 2.15. The van der Waals surface area contributed by atoms with E-state index in [1.165, 1.54) is 5.69 Å². The van der Waals surface area contributed by atoms with Crippen molar-refractivity contribution in [2.24, 2.45) is 5.92 Å². The zero-order chi connectivity index (χ0) is 18.8. The van der Waals surface area contributed by atoms with Crippen molar-refractivity contribution in [1.82, 2.24) is 4.90 Å². The fourth-order valence-electron chi connectivity index (χ4n) is 3.60. The number of halogens is 1. The number of hydrogen-bond donors (Lipinski definition) is 1. The lowest BCUT2D eigenvalue weighted by Gasteiger charge is -2.34. The number of piperazine rings is 1. The monoisotopic (exact) mass is 385 g/mol. The highest BCUT2D eigenvalue weighted by atomic mass is 35.5. The van der Waals surface area contributed by atoms with Crippen LogP contribution in [0.15, 0.2) is 42.5 Å². The summed E-state index contributed by atoms with van der Waals surface area (Å²) >= 11 is 6.06. The molecule has 0 bridgehead atoms. The summed E-state index contributed by atoms with van der Waals surface area (Å²) < 4.78 is 5.73. The number of carbonyl (C=O) groups is 1. The first-order valence-corrected chi connectivity index (χ1v) is 9.72. The van der Waals surface area contributed by atoms with Crippen molar-refractivity contribution in [3.8, 4) is 5.75 Å². The van der Waals surface area contributed by atoms with Gasteiger partial charge in [0.2, 0.25) is 5.91 Å². The highest BCUT2D eigenvalue weighted by Crippen LogP contribution is 2.30. The van der Waals surface area contributed by atoms with Gasteiger partial charge in [-0.15, -0.1) is 0 Å². The van der Waals surface area contributed by atoms with Crippen molar-refractivity contribution in [2.45, 2.75) is 6.42 Å². The van der Waals surface area contributed by atoms with Crippen molar-refractivity contribution < 1.29 is 9.53 Å². The van der Waals surface area contributed by atoms with E-state index in [0.717, 1.165) is 43.2 Å². The third kappa shape index (κ3) is 4.20. The molecule has 0 saturated carbocycles. The molecule has 2 aromatic carbocycles. The van der Waals surface area contributed by atoms with Crippen LogP contribution in [0.4, 0.5) is 11.4 Å². The van der Waals surface area contributed by atoms with E-state index >= 15 is 0 Å². The molecule has 0 spiro atoms. The maximum absolute atomic E-state index is 12.6. The minimum Gasteiger partial charge on any atom is -0.492 e. The Morgan fingerprint density at radius 2 is 1.85 bits per heavy atom. The Bertz CT molecular complexity index is 817. The van der Waals surface area contributed by atoms with Crippen LogP contribution in [0.1, 0.15) is 5.56 Å². The number of carbonyl (C=O) groups excluding carboxylic acids is 1. The molecule has 0 aliphatic carbocycles. The van der Waals surface area contributed by atoms with Gasteiger partial charge in [0, 0.05) is 42.6 Å². The minimum atomic E-state index is -0.215. The van der Waals surface area contributed by atoms with E-state index in [1.807, 2.05) is 30.3 Å². The first kappa shape index (κ1) is 18.1. The van der Waals surface area contributed by atoms with Crippen LogP contribution in [-0.4, -0.2) is 50.6 Å². The molecule has 2 aliphatic heterocycles. The molecule has 142 valence electrons. The van der Waals surface area contributed by atoms with Crippen LogP contribution in [0.2, 0.25) is 5.02 Å². The van der Waals surface area contributed by atoms with Crippen LogP contribution >= 0.6 is 11.6 Å². The van der Waals surface area contributed by atoms with Crippen LogP contribution in [0.5, 0.6) is 5.75 Å². The van der Waals surface area contributed by atoms with E-state index in [9.17, 15) is 4.79 Å². The number of nitrogens with one attached hydrogen (secondary N) is 1. The molecule has 27 heavy (non-hydrogen) atoms. The molecule has 0 unspecified atom stereocenters. The second-order valence-electron chi connectivity index (χ2n) is 7.29. The lowest BCUT2D eigenvalue weighted by atomic mass is 9.96. The fourth-order valence-corrected chi connectivity index (χ4v) is 3.79. The zero-order valence-corrected chi connectivity index (χ0v) is 16.2. The topological polar surface area (TPSA) is 44.8 Å². The Morgan fingerprint density at radius 3 is 2.59 bits per heavy atom. The first-order valence-electron chi connectivity index (χ1n) is 9.34. The molecular weight excluding hydrogens is 362 g/mol. The second kappa shape index (κ2) is 7.79. The van der Waals surface area contributed by atoms with Gasteiger partial charge >= 0.3 is 0 Å². The number of hydrogen-bond acceptors (Lipinski definition) is 4. The van der Waals surface area contributed by atoms with Gasteiger partial charge in [-0.2, -0.15) is 0 Å². The molecule has 0 radical (unpaired) electrons. The van der Waals surface area contributed by atoms with E-state index in [1.54, 1.807) is 0 Å². The molecule has 2 aliphatic rings. The summed E-state index contributed by atoms with van der Waals surface area (Å²) in [5.74, 6) is 0.584. The molecule has 1 saturated heterocycles. The number of anilines is 2. The molecule has 1 atom stereocenters. The lowest BCUT2D eigenvalue weighted by Crippen LogP contribution is -2.44. The average Bonchev–Trinajstić information content (AvgIpc) is 2.68. The predicted molar refractivity (Wildman–Crippen MR) is 109 cm³/mol. The van der Waals surface area contributed by atoms with Gasteiger partial charge in [0.15, 0.2) is 0 Å². The minimum absolute atomic E-state index is 0.0204. The summed E-state index contributed by atoms with van der Waals surface area (Å²) in [6, 6.07) is 13.6. The Balaban J connectivity index is 1.37. The summed E-state index contributed by atoms with van der Waals surface area (Å²) in [5, 5.41) is 3.68. The highest BCUT2D eigenvalue weighted by molar-refractivity contribution is 6.30. The van der Waals surface area contributed by atoms with Gasteiger partial charge in [0.25, 0.3) is 0 Å². The number of likely N-dealkylation sites (N-methyl/N-ethyl adjacent to an activating group) is 1. The Kier molecular flexibility index (Phi) is 5.23. The quantitative estimate of drug-likeness (QED) is 0.880. The van der Waals surface area contributed by atoms with Crippen molar-refractivity contribution in [2.75, 3.05) is 50.1 Å². The van der Waals surface area contributed by atoms with Crippen LogP contribution in [0.3, 0.4) is 0 Å². The molecule has 0 aromatic heterocycles. The van der Waals surface area contributed by atoms with E-state index in [4.69, 9.17) is 16.3 Å². The van der Waals surface area contributed by atoms with Gasteiger partial charge in [0.1, 0.15) is 12.4 Å². The van der Waals surface area contributed by atoms with Gasteiger partial charge in [-0.1, -0.05) is 11.6 Å². The normalized spacial score (nSPS) is 19.9. The first-order chi connectivity index (χ1) is 13.1. The number of ether oxygens (including phenoxy) is 1. The lowest BCUT2D eigenvalue weighted by molar-refractivity contribution is -0.121. The number of benzene rings is 2. The fraction of sp³-hybridized carbons (Fsp3) is 0.381. The Hall–Kier alpha value is -2.24. The summed E-state index contributed by atoms with van der Waals surface area (Å²) in [4.78, 5) is 17.4. The van der Waals surface area contributed by atoms with Gasteiger partial charge in [-0.05, 0) is 61.5 Å². The number of nitrogens with zero attached hydrogens (tertiary/aromatic N) is 2. The molecular formula is C21H24ClN3O2. The van der Waals surface area contributed by atoms with Crippen molar-refractivity contribution >= 4 is 28.9 Å². The van der Waals surface area contributed by atoms with E-state index in [0.29, 0.717) is 18.1 Å². The molecule has 5 nitrogen and oxygen atoms in total. The second-order valence-corrected chi connectivity index (χ2v) is 7.73. The smallest absolute Gasteiger partial charge is 0.231 e. The summed E-state index contributed by atoms with van der Waals surface area (Å²) in [6.45, 7) is 4.60. The summed E-state index contributed by atoms with van der Waals surface area (Å²) in [5.41, 5.74) is 3.00. The molecule has 6 heteroatoms. The SMILES string of the molecule is CN1CCN(c2ccc(NC(=O)[C@H]3COc4ccc(Cl)cc4C3)cc2)CC1. The maximum atomic E-state index is 12.6. The number of rotatable bonds is 3. The van der Waals surface area contributed by atoms with E-state index < -0.39 is 0 Å². The maximum Gasteiger partial charge on any atom is 0.231 e. The van der Waals surface area contributed by atoms with E-state index in [2.05, 4.69) is 34.3 Å². The predicted octanol–water partition coefficient (Wildman–Crippen LogP) is 3.28. The average molecular weight is 386 g/mol. The summed E-state index contributed by atoms with van der Waals surface area (Å²) in [6.07, 6.45) is 0.640. The molecule has 1 amide bonds. The van der Waals surface area contributed by atoms with E-state index in [-0.39, 0.29) is 11.8 Å². The van der Waals surface area contributed by atoms with Gasteiger partial charge in [-0.3, -0.25) is 4.79 Å². The zero-order valence-electron chi connectivity index (χ0n) is 15.5. The third-order valence-electron chi connectivity index (χ3n) is 5.30. The van der Waals surface area contributed by atoms with Crippen LogP contribution in [0.25, 0.3) is 0 Å². The van der Waals surface area contributed by atoms with Gasteiger partial charge in [-0.25, -0.2) is 0 Å². The van der Waals surface area contributed by atoms with Crippen molar-refractivity contribution in [3.05, 3.63) is 53.1 Å². The van der Waals surface area contributed by atoms with Gasteiger partial charge < -0.3 is 19.9 Å². The van der Waals surface area contributed by atoms with Gasteiger partial charge in [0.05, 0.1) is 5.92 Å². The van der Waals surface area contributed by atoms with Crippen LogP contribution in [-0.2, 0) is 11.2 Å². The molecule has 4 rings (SSSR count).